The monoisotopic (exact) mass is 355 g/mol. The minimum Gasteiger partial charge on any atom is -0.333 e. The first kappa shape index (κ1) is 16.1. The highest BCUT2D eigenvalue weighted by Gasteiger charge is 2.32. The van der Waals surface area contributed by atoms with Crippen LogP contribution in [0.25, 0.3) is 5.65 Å². The number of carbonyl (C=O) groups excluding carboxylic acids is 1. The largest absolute Gasteiger partial charge is 0.333 e. The van der Waals surface area contributed by atoms with Crippen molar-refractivity contribution in [1.82, 2.24) is 14.3 Å². The van der Waals surface area contributed by atoms with Crippen molar-refractivity contribution >= 4 is 23.3 Å². The topological polar surface area (TPSA) is 37.6 Å². The minimum atomic E-state index is -0.261. The number of hydrogen-bond donors (Lipinski definition) is 0. The molecule has 0 atom stereocenters. The minimum absolute atomic E-state index is 0.114. The summed E-state index contributed by atoms with van der Waals surface area (Å²) in [4.78, 5) is 20.0. The maximum atomic E-state index is 13.0. The molecule has 25 heavy (non-hydrogen) atoms. The lowest BCUT2D eigenvalue weighted by atomic mass is 10.3. The maximum absolute atomic E-state index is 13.0. The van der Waals surface area contributed by atoms with Crippen LogP contribution in [0.3, 0.4) is 0 Å². The summed E-state index contributed by atoms with van der Waals surface area (Å²) in [5.74, 6) is 0.212. The molecule has 3 aromatic rings. The third-order valence-corrected chi connectivity index (χ3v) is 5.31. The van der Waals surface area contributed by atoms with Gasteiger partial charge in [0, 0.05) is 17.1 Å². The molecule has 1 aliphatic rings. The van der Waals surface area contributed by atoms with E-state index in [1.165, 1.54) is 23.9 Å². The maximum Gasteiger partial charge on any atom is 0.233 e. The van der Waals surface area contributed by atoms with Gasteiger partial charge in [-0.05, 0) is 49.2 Å². The van der Waals surface area contributed by atoms with Gasteiger partial charge in [-0.2, -0.15) is 0 Å². The molecular formula is C19H18FN3OS. The van der Waals surface area contributed by atoms with Crippen LogP contribution in [0.4, 0.5) is 4.39 Å². The zero-order valence-electron chi connectivity index (χ0n) is 13.6. The highest BCUT2D eigenvalue weighted by Crippen LogP contribution is 2.30. The molecule has 2 heterocycles. The Bertz CT molecular complexity index is 889. The number of aromatic nitrogens is 2. The van der Waals surface area contributed by atoms with Gasteiger partial charge in [-0.1, -0.05) is 6.07 Å². The second-order valence-electron chi connectivity index (χ2n) is 6.17. The predicted molar refractivity (Wildman–Crippen MR) is 95.9 cm³/mol. The fourth-order valence-corrected chi connectivity index (χ4v) is 3.63. The van der Waals surface area contributed by atoms with Crippen LogP contribution >= 0.6 is 11.8 Å². The van der Waals surface area contributed by atoms with Crippen LogP contribution in [0.5, 0.6) is 0 Å². The first-order valence-electron chi connectivity index (χ1n) is 8.29. The molecule has 1 saturated carbocycles. The summed E-state index contributed by atoms with van der Waals surface area (Å²) in [5.41, 5.74) is 1.91. The molecule has 6 heteroatoms. The number of pyridine rings is 1. The molecule has 0 radical (unpaired) electrons. The molecule has 0 saturated heterocycles. The Morgan fingerprint density at radius 3 is 2.80 bits per heavy atom. The van der Waals surface area contributed by atoms with Crippen LogP contribution in [0, 0.1) is 5.82 Å². The Kier molecular flexibility index (Phi) is 4.44. The van der Waals surface area contributed by atoms with Crippen molar-refractivity contribution in [3.63, 3.8) is 0 Å². The summed E-state index contributed by atoms with van der Waals surface area (Å²) >= 11 is 1.45. The van der Waals surface area contributed by atoms with Crippen LogP contribution < -0.4 is 0 Å². The SMILES string of the molecule is O=C(CSc1ccc(F)cc1)N(Cc1cnc2ccccn12)C1CC1. The molecule has 0 aliphatic heterocycles. The molecule has 0 unspecified atom stereocenters. The average molecular weight is 355 g/mol. The van der Waals surface area contributed by atoms with Gasteiger partial charge in [0.2, 0.25) is 5.91 Å². The first-order chi connectivity index (χ1) is 12.2. The number of benzene rings is 1. The van der Waals surface area contributed by atoms with Gasteiger partial charge in [-0.3, -0.25) is 4.79 Å². The molecule has 1 amide bonds. The van der Waals surface area contributed by atoms with Crippen molar-refractivity contribution in [2.75, 3.05) is 5.75 Å². The number of halogens is 1. The molecule has 2 aromatic heterocycles. The second kappa shape index (κ2) is 6.88. The lowest BCUT2D eigenvalue weighted by molar-refractivity contribution is -0.129. The van der Waals surface area contributed by atoms with E-state index in [1.807, 2.05) is 39.9 Å². The average Bonchev–Trinajstić information content (AvgIpc) is 3.39. The predicted octanol–water partition coefficient (Wildman–Crippen LogP) is 3.76. The zero-order chi connectivity index (χ0) is 17.2. The van der Waals surface area contributed by atoms with Crippen molar-refractivity contribution in [3.8, 4) is 0 Å². The zero-order valence-corrected chi connectivity index (χ0v) is 14.5. The van der Waals surface area contributed by atoms with Crippen LogP contribution in [0.2, 0.25) is 0 Å². The van der Waals surface area contributed by atoms with E-state index in [2.05, 4.69) is 4.98 Å². The quantitative estimate of drug-likeness (QED) is 0.632. The van der Waals surface area contributed by atoms with E-state index < -0.39 is 0 Å². The molecule has 0 bridgehead atoms. The molecule has 128 valence electrons. The number of imidazole rings is 1. The van der Waals surface area contributed by atoms with E-state index in [9.17, 15) is 9.18 Å². The van der Waals surface area contributed by atoms with Crippen LogP contribution in [0.15, 0.2) is 59.8 Å². The number of nitrogens with zero attached hydrogens (tertiary/aromatic N) is 3. The number of fused-ring (bicyclic) bond motifs is 1. The van der Waals surface area contributed by atoms with Gasteiger partial charge in [0.05, 0.1) is 24.2 Å². The smallest absolute Gasteiger partial charge is 0.233 e. The molecule has 1 aliphatic carbocycles. The van der Waals surface area contributed by atoms with Gasteiger partial charge >= 0.3 is 0 Å². The van der Waals surface area contributed by atoms with Gasteiger partial charge in [0.25, 0.3) is 0 Å². The Morgan fingerprint density at radius 1 is 1.24 bits per heavy atom. The fourth-order valence-electron chi connectivity index (χ4n) is 2.84. The van der Waals surface area contributed by atoms with Crippen molar-refractivity contribution in [2.24, 2.45) is 0 Å². The highest BCUT2D eigenvalue weighted by atomic mass is 32.2. The van der Waals surface area contributed by atoms with Crippen LogP contribution in [-0.2, 0) is 11.3 Å². The summed E-state index contributed by atoms with van der Waals surface area (Å²) in [5, 5.41) is 0. The third-order valence-electron chi connectivity index (χ3n) is 4.31. The molecule has 0 spiro atoms. The van der Waals surface area contributed by atoms with Crippen LogP contribution in [0.1, 0.15) is 18.5 Å². The summed E-state index contributed by atoms with van der Waals surface area (Å²) < 4.78 is 15.0. The summed E-state index contributed by atoms with van der Waals surface area (Å²) in [7, 11) is 0. The van der Waals surface area contributed by atoms with Crippen molar-refractivity contribution in [1.29, 1.82) is 0 Å². The van der Waals surface area contributed by atoms with Crippen LogP contribution in [-0.4, -0.2) is 32.0 Å². The molecule has 4 nitrogen and oxygen atoms in total. The van der Waals surface area contributed by atoms with Gasteiger partial charge in [-0.25, -0.2) is 9.37 Å². The number of rotatable bonds is 6. The lowest BCUT2D eigenvalue weighted by Gasteiger charge is -2.22. The van der Waals surface area contributed by atoms with Crippen molar-refractivity contribution < 1.29 is 9.18 Å². The normalized spacial score (nSPS) is 14.0. The summed E-state index contributed by atoms with van der Waals surface area (Å²) in [6.07, 6.45) is 5.93. The Hall–Kier alpha value is -2.34. The van der Waals surface area contributed by atoms with Gasteiger partial charge in [-0.15, -0.1) is 11.8 Å². The van der Waals surface area contributed by atoms with E-state index in [4.69, 9.17) is 0 Å². The number of amides is 1. The molecular weight excluding hydrogens is 337 g/mol. The Balaban J connectivity index is 1.45. The third kappa shape index (κ3) is 3.69. The molecule has 0 N–H and O–H groups in total. The first-order valence-corrected chi connectivity index (χ1v) is 9.28. The van der Waals surface area contributed by atoms with E-state index in [0.717, 1.165) is 29.1 Å². The number of thioether (sulfide) groups is 1. The molecule has 4 rings (SSSR count). The Labute approximate surface area is 149 Å². The van der Waals surface area contributed by atoms with Gasteiger partial charge in [0.15, 0.2) is 0 Å². The number of hydrogen-bond acceptors (Lipinski definition) is 3. The van der Waals surface area contributed by atoms with E-state index in [1.54, 1.807) is 12.1 Å². The van der Waals surface area contributed by atoms with E-state index in [-0.39, 0.29) is 11.7 Å². The van der Waals surface area contributed by atoms with Gasteiger partial charge in [0.1, 0.15) is 11.5 Å². The lowest BCUT2D eigenvalue weighted by Crippen LogP contribution is -2.34. The highest BCUT2D eigenvalue weighted by molar-refractivity contribution is 8.00. The Morgan fingerprint density at radius 2 is 2.04 bits per heavy atom. The fraction of sp³-hybridized carbons (Fsp3) is 0.263. The summed E-state index contributed by atoms with van der Waals surface area (Å²) in [6, 6.07) is 12.5. The van der Waals surface area contributed by atoms with E-state index >= 15 is 0 Å². The number of carbonyl (C=O) groups is 1. The van der Waals surface area contributed by atoms with Crippen molar-refractivity contribution in [3.05, 3.63) is 66.4 Å². The summed E-state index contributed by atoms with van der Waals surface area (Å²) in [6.45, 7) is 0.568. The van der Waals surface area contributed by atoms with Crippen molar-refractivity contribution in [2.45, 2.75) is 30.3 Å². The molecule has 1 fully saturated rings. The van der Waals surface area contributed by atoms with E-state index in [0.29, 0.717) is 18.3 Å². The second-order valence-corrected chi connectivity index (χ2v) is 7.22. The standard InChI is InChI=1S/C19H18FN3OS/c20-14-4-8-17(9-5-14)25-13-19(24)23(15-6-7-15)12-16-11-21-18-3-1-2-10-22(16)18/h1-5,8-11,15H,6-7,12-13H2. The molecule has 1 aromatic carbocycles. The van der Waals surface area contributed by atoms with Gasteiger partial charge < -0.3 is 9.30 Å².